The molecule has 1 aromatic heterocycles. The van der Waals surface area contributed by atoms with Gasteiger partial charge in [0.15, 0.2) is 4.32 Å². The summed E-state index contributed by atoms with van der Waals surface area (Å²) in [7, 11) is 0. The second kappa shape index (κ2) is 8.17. The lowest BCUT2D eigenvalue weighted by Crippen LogP contribution is -2.27. The number of thioether (sulfide) groups is 1. The summed E-state index contributed by atoms with van der Waals surface area (Å²) in [6.45, 7) is 0. The van der Waals surface area contributed by atoms with E-state index in [1.165, 1.54) is 41.3 Å². The molecule has 1 fully saturated rings. The lowest BCUT2D eigenvalue weighted by atomic mass is 10.1. The molecule has 4 rings (SSSR count). The highest BCUT2D eigenvalue weighted by atomic mass is 32.2. The molecule has 0 saturated carbocycles. The molecule has 1 saturated heterocycles. The van der Waals surface area contributed by atoms with Crippen molar-refractivity contribution in [2.45, 2.75) is 0 Å². The second-order valence-corrected chi connectivity index (χ2v) is 8.02. The standard InChI is InChI=1S/C21H12N2O6S2/c24-19-18(31-21(30)22(19)13-7-5-12(6-8-13)20(25)26)11-14-9-10-17(29-14)15-3-1-2-4-16(15)23(27)28/h1-11H,(H,25,26)/b18-11+. The molecule has 0 atom stereocenters. The van der Waals surface area contributed by atoms with Crippen LogP contribution in [0.3, 0.4) is 0 Å². The molecule has 0 bridgehead atoms. The molecule has 3 aromatic rings. The van der Waals surface area contributed by atoms with Crippen LogP contribution in [0.1, 0.15) is 16.1 Å². The van der Waals surface area contributed by atoms with Gasteiger partial charge in [-0.25, -0.2) is 4.79 Å². The molecular weight excluding hydrogens is 440 g/mol. The zero-order valence-corrected chi connectivity index (χ0v) is 17.2. The summed E-state index contributed by atoms with van der Waals surface area (Å²) >= 11 is 6.39. The van der Waals surface area contributed by atoms with E-state index in [2.05, 4.69) is 0 Å². The molecule has 0 aliphatic carbocycles. The van der Waals surface area contributed by atoms with E-state index >= 15 is 0 Å². The van der Waals surface area contributed by atoms with Gasteiger partial charge in [-0.15, -0.1) is 0 Å². The Labute approximate surface area is 184 Å². The van der Waals surface area contributed by atoms with Crippen molar-refractivity contribution in [3.63, 3.8) is 0 Å². The van der Waals surface area contributed by atoms with Crippen molar-refractivity contribution in [3.8, 4) is 11.3 Å². The molecule has 1 amide bonds. The highest BCUT2D eigenvalue weighted by Gasteiger charge is 2.33. The minimum absolute atomic E-state index is 0.0838. The van der Waals surface area contributed by atoms with Gasteiger partial charge < -0.3 is 9.52 Å². The Morgan fingerprint density at radius 2 is 1.84 bits per heavy atom. The number of carbonyl (C=O) groups is 2. The lowest BCUT2D eigenvalue weighted by molar-refractivity contribution is -0.384. The predicted molar refractivity (Wildman–Crippen MR) is 120 cm³/mol. The van der Waals surface area contributed by atoms with Crippen LogP contribution in [-0.4, -0.2) is 26.2 Å². The summed E-state index contributed by atoms with van der Waals surface area (Å²) in [6, 6.07) is 15.2. The van der Waals surface area contributed by atoms with Crippen LogP contribution in [0.25, 0.3) is 17.4 Å². The fraction of sp³-hybridized carbons (Fsp3) is 0. The van der Waals surface area contributed by atoms with Crippen molar-refractivity contribution in [1.82, 2.24) is 0 Å². The summed E-state index contributed by atoms with van der Waals surface area (Å²) < 4.78 is 6.01. The highest BCUT2D eigenvalue weighted by molar-refractivity contribution is 8.27. The van der Waals surface area contributed by atoms with Gasteiger partial charge in [0.1, 0.15) is 11.5 Å². The van der Waals surface area contributed by atoms with Crippen LogP contribution in [0.2, 0.25) is 0 Å². The third kappa shape index (κ3) is 3.98. The fourth-order valence-corrected chi connectivity index (χ4v) is 4.27. The number of anilines is 1. The Morgan fingerprint density at radius 3 is 2.52 bits per heavy atom. The first-order valence-electron chi connectivity index (χ1n) is 8.80. The van der Waals surface area contributed by atoms with E-state index < -0.39 is 10.9 Å². The number of aromatic carboxylic acids is 1. The van der Waals surface area contributed by atoms with Crippen LogP contribution in [0.5, 0.6) is 0 Å². The smallest absolute Gasteiger partial charge is 0.335 e. The number of amides is 1. The number of furan rings is 1. The number of nitrogens with zero attached hydrogens (tertiary/aromatic N) is 2. The van der Waals surface area contributed by atoms with Gasteiger partial charge in [-0.1, -0.05) is 36.1 Å². The van der Waals surface area contributed by atoms with Crippen LogP contribution in [-0.2, 0) is 4.79 Å². The number of carboxylic acids is 1. The minimum Gasteiger partial charge on any atom is -0.478 e. The van der Waals surface area contributed by atoms with Gasteiger partial charge in [0, 0.05) is 12.1 Å². The molecule has 154 valence electrons. The largest absolute Gasteiger partial charge is 0.478 e. The van der Waals surface area contributed by atoms with Gasteiger partial charge in [-0.3, -0.25) is 19.8 Å². The first kappa shape index (κ1) is 20.5. The molecule has 8 nitrogen and oxygen atoms in total. The topological polar surface area (TPSA) is 114 Å². The number of benzene rings is 2. The first-order valence-corrected chi connectivity index (χ1v) is 10.0. The van der Waals surface area contributed by atoms with E-state index in [-0.39, 0.29) is 17.2 Å². The third-order valence-corrected chi connectivity index (χ3v) is 5.73. The number of carbonyl (C=O) groups excluding carboxylic acids is 1. The van der Waals surface area contributed by atoms with Gasteiger partial charge >= 0.3 is 5.97 Å². The van der Waals surface area contributed by atoms with E-state index in [0.29, 0.717) is 32.0 Å². The molecule has 1 N–H and O–H groups in total. The van der Waals surface area contributed by atoms with E-state index in [1.807, 2.05) is 0 Å². The lowest BCUT2D eigenvalue weighted by Gasteiger charge is -2.14. The zero-order valence-electron chi connectivity index (χ0n) is 15.6. The molecule has 2 heterocycles. The van der Waals surface area contributed by atoms with E-state index in [9.17, 15) is 19.7 Å². The maximum atomic E-state index is 12.9. The summed E-state index contributed by atoms with van der Waals surface area (Å²) in [6.07, 6.45) is 1.52. The van der Waals surface area contributed by atoms with Crippen molar-refractivity contribution in [1.29, 1.82) is 0 Å². The summed E-state index contributed by atoms with van der Waals surface area (Å²) in [4.78, 5) is 36.3. The summed E-state index contributed by atoms with van der Waals surface area (Å²) in [5, 5.41) is 20.3. The predicted octanol–water partition coefficient (Wildman–Crippen LogP) is 4.96. The van der Waals surface area contributed by atoms with Crippen molar-refractivity contribution in [2.75, 3.05) is 4.90 Å². The minimum atomic E-state index is -1.07. The number of thiocarbonyl (C=S) groups is 1. The Morgan fingerprint density at radius 1 is 1.13 bits per heavy atom. The number of hydrogen-bond donors (Lipinski definition) is 1. The molecule has 0 radical (unpaired) electrons. The average Bonchev–Trinajstić information content (AvgIpc) is 3.32. The van der Waals surface area contributed by atoms with Crippen LogP contribution >= 0.6 is 24.0 Å². The van der Waals surface area contributed by atoms with E-state index in [1.54, 1.807) is 30.3 Å². The Balaban J connectivity index is 1.61. The number of nitro groups is 1. The normalized spacial score (nSPS) is 15.0. The number of nitro benzene ring substituents is 1. The Bertz CT molecular complexity index is 1260. The maximum Gasteiger partial charge on any atom is 0.335 e. The number of hydrogen-bond acceptors (Lipinski definition) is 7. The van der Waals surface area contributed by atoms with Gasteiger partial charge in [0.25, 0.3) is 11.6 Å². The molecule has 0 spiro atoms. The van der Waals surface area contributed by atoms with Gasteiger partial charge in [0.2, 0.25) is 0 Å². The summed E-state index contributed by atoms with van der Waals surface area (Å²) in [5.74, 6) is -0.793. The van der Waals surface area contributed by atoms with Crippen LogP contribution < -0.4 is 4.90 Å². The molecule has 1 aliphatic rings. The summed E-state index contributed by atoms with van der Waals surface area (Å²) in [5.41, 5.74) is 0.802. The maximum absolute atomic E-state index is 12.9. The quantitative estimate of drug-likeness (QED) is 0.250. The van der Waals surface area contributed by atoms with E-state index in [4.69, 9.17) is 21.7 Å². The first-order chi connectivity index (χ1) is 14.8. The molecule has 1 aliphatic heterocycles. The van der Waals surface area contributed by atoms with Crippen molar-refractivity contribution in [3.05, 3.63) is 87.0 Å². The van der Waals surface area contributed by atoms with Crippen molar-refractivity contribution >= 4 is 57.6 Å². The molecule has 0 unspecified atom stereocenters. The fourth-order valence-electron chi connectivity index (χ4n) is 2.99. The highest BCUT2D eigenvalue weighted by Crippen LogP contribution is 2.37. The molecule has 10 heteroatoms. The third-order valence-electron chi connectivity index (χ3n) is 4.43. The van der Waals surface area contributed by atoms with E-state index in [0.717, 1.165) is 11.8 Å². The van der Waals surface area contributed by atoms with Crippen molar-refractivity contribution < 1.29 is 24.0 Å². The second-order valence-electron chi connectivity index (χ2n) is 6.35. The monoisotopic (exact) mass is 452 g/mol. The number of para-hydroxylation sites is 1. The van der Waals surface area contributed by atoms with Crippen LogP contribution in [0.15, 0.2) is 70.0 Å². The SMILES string of the molecule is O=C(O)c1ccc(N2C(=O)/C(=C\c3ccc(-c4ccccc4[N+](=O)[O-])o3)SC2=S)cc1. The van der Waals surface area contributed by atoms with Gasteiger partial charge in [-0.05, 0) is 42.5 Å². The van der Waals surface area contributed by atoms with Crippen LogP contribution in [0, 0.1) is 10.1 Å². The van der Waals surface area contributed by atoms with Gasteiger partial charge in [0.05, 0.1) is 26.6 Å². The molecule has 31 heavy (non-hydrogen) atoms. The van der Waals surface area contributed by atoms with Gasteiger partial charge in [-0.2, -0.15) is 0 Å². The molecular formula is C21H12N2O6S2. The number of carboxylic acid groups (broad SMARTS) is 1. The number of rotatable bonds is 5. The Hall–Kier alpha value is -3.76. The molecule has 2 aromatic carbocycles. The zero-order chi connectivity index (χ0) is 22.1. The average molecular weight is 452 g/mol. The van der Waals surface area contributed by atoms with Crippen molar-refractivity contribution in [2.24, 2.45) is 0 Å². The van der Waals surface area contributed by atoms with Crippen LogP contribution in [0.4, 0.5) is 11.4 Å². The Kier molecular flexibility index (Phi) is 5.40.